The van der Waals surface area contributed by atoms with Crippen molar-refractivity contribution < 1.29 is 27.9 Å². The molecular weight excluding hydrogens is 366 g/mol. The Bertz CT molecular complexity index is 685. The van der Waals surface area contributed by atoms with Crippen LogP contribution < -0.4 is 4.72 Å². The maximum atomic E-state index is 12.3. The molecule has 0 aliphatic rings. The number of carboxylic acid groups (broad SMARTS) is 1. The fourth-order valence-corrected chi connectivity index (χ4v) is 3.81. The van der Waals surface area contributed by atoms with E-state index in [1.807, 2.05) is 0 Å². The highest BCUT2D eigenvalue weighted by Gasteiger charge is 2.26. The number of sulfonamides is 1. The highest BCUT2D eigenvalue weighted by atomic mass is 79.9. The summed E-state index contributed by atoms with van der Waals surface area (Å²) in [5, 5.41) is 8.99. The third-order valence-electron chi connectivity index (χ3n) is 2.64. The van der Waals surface area contributed by atoms with Gasteiger partial charge in [-0.05, 0) is 47.5 Å². The number of benzene rings is 1. The molecule has 0 fully saturated rings. The number of aromatic carboxylic acids is 1. The first kappa shape index (κ1) is 17.6. The summed E-state index contributed by atoms with van der Waals surface area (Å²) in [5.41, 5.74) is 0.280. The van der Waals surface area contributed by atoms with Crippen molar-refractivity contribution in [3.8, 4) is 0 Å². The van der Waals surface area contributed by atoms with Gasteiger partial charge in [-0.15, -0.1) is 0 Å². The minimum absolute atomic E-state index is 0.165. The van der Waals surface area contributed by atoms with Crippen LogP contribution in [0, 0.1) is 6.92 Å². The number of esters is 1. The van der Waals surface area contributed by atoms with Crippen LogP contribution in [0.15, 0.2) is 21.5 Å². The molecule has 0 unspecified atom stereocenters. The quantitative estimate of drug-likeness (QED) is 0.746. The molecule has 0 amide bonds. The Kier molecular flexibility index (Phi) is 5.48. The first-order valence-corrected chi connectivity index (χ1v) is 8.01. The molecule has 1 aromatic carbocycles. The zero-order valence-electron chi connectivity index (χ0n) is 11.5. The zero-order chi connectivity index (χ0) is 16.4. The van der Waals surface area contributed by atoms with Gasteiger partial charge in [0.15, 0.2) is 0 Å². The van der Waals surface area contributed by atoms with Gasteiger partial charge in [0.2, 0.25) is 10.0 Å². The van der Waals surface area contributed by atoms with Crippen molar-refractivity contribution in [2.24, 2.45) is 0 Å². The van der Waals surface area contributed by atoms with Crippen molar-refractivity contribution in [2.45, 2.75) is 24.8 Å². The van der Waals surface area contributed by atoms with Crippen molar-refractivity contribution in [1.29, 1.82) is 0 Å². The third-order valence-corrected chi connectivity index (χ3v) is 5.52. The fourth-order valence-electron chi connectivity index (χ4n) is 1.58. The molecule has 0 aliphatic heterocycles. The van der Waals surface area contributed by atoms with Crippen LogP contribution in [0.4, 0.5) is 0 Å². The van der Waals surface area contributed by atoms with E-state index in [4.69, 9.17) is 5.11 Å². The highest BCUT2D eigenvalue weighted by molar-refractivity contribution is 9.10. The second-order valence-electron chi connectivity index (χ2n) is 4.28. The molecule has 2 N–H and O–H groups in total. The highest BCUT2D eigenvalue weighted by Crippen LogP contribution is 2.27. The molecule has 0 bridgehead atoms. The minimum atomic E-state index is -4.08. The van der Waals surface area contributed by atoms with Crippen molar-refractivity contribution >= 4 is 37.9 Å². The number of halogens is 1. The number of nitrogens with one attached hydrogen (secondary N) is 1. The predicted molar refractivity (Wildman–Crippen MR) is 77.6 cm³/mol. The summed E-state index contributed by atoms with van der Waals surface area (Å²) in [6, 6.07) is 1.27. The van der Waals surface area contributed by atoms with E-state index < -0.39 is 28.0 Å². The predicted octanol–water partition coefficient (Wildman–Crippen LogP) is 1.30. The maximum Gasteiger partial charge on any atom is 0.335 e. The number of rotatable bonds is 5. The van der Waals surface area contributed by atoms with Gasteiger partial charge < -0.3 is 9.84 Å². The van der Waals surface area contributed by atoms with E-state index in [9.17, 15) is 18.0 Å². The molecule has 0 saturated carbocycles. The Balaban J connectivity index is 3.31. The lowest BCUT2D eigenvalue weighted by molar-refractivity contribution is -0.142. The molecule has 116 valence electrons. The van der Waals surface area contributed by atoms with Crippen LogP contribution in [0.5, 0.6) is 0 Å². The summed E-state index contributed by atoms with van der Waals surface area (Å²) >= 11 is 3.12. The van der Waals surface area contributed by atoms with Crippen LogP contribution >= 0.6 is 15.9 Å². The van der Waals surface area contributed by atoms with Crippen LogP contribution in [0.3, 0.4) is 0 Å². The molecule has 9 heteroatoms. The molecule has 0 aromatic heterocycles. The number of hydrogen-bond donors (Lipinski definition) is 2. The molecule has 0 spiro atoms. The smallest absolute Gasteiger partial charge is 0.335 e. The molecule has 1 atom stereocenters. The van der Waals surface area contributed by atoms with E-state index in [0.29, 0.717) is 5.56 Å². The number of carboxylic acids is 1. The van der Waals surface area contributed by atoms with Crippen LogP contribution in [-0.4, -0.2) is 38.6 Å². The summed E-state index contributed by atoms with van der Waals surface area (Å²) in [5.74, 6) is -2.00. The molecule has 7 nitrogen and oxygen atoms in total. The Morgan fingerprint density at radius 3 is 2.43 bits per heavy atom. The van der Waals surface area contributed by atoms with E-state index in [1.165, 1.54) is 13.0 Å². The zero-order valence-corrected chi connectivity index (χ0v) is 13.9. The number of carbonyl (C=O) groups excluding carboxylic acids is 1. The molecule has 21 heavy (non-hydrogen) atoms. The number of hydrogen-bond acceptors (Lipinski definition) is 5. The molecule has 0 radical (unpaired) electrons. The largest absolute Gasteiger partial charge is 0.478 e. The number of methoxy groups -OCH3 is 1. The van der Waals surface area contributed by atoms with Gasteiger partial charge in [0.05, 0.1) is 17.6 Å². The van der Waals surface area contributed by atoms with Crippen molar-refractivity contribution in [3.63, 3.8) is 0 Å². The lowest BCUT2D eigenvalue weighted by atomic mass is 10.1. The van der Waals surface area contributed by atoms with Gasteiger partial charge >= 0.3 is 11.9 Å². The average Bonchev–Trinajstić information content (AvgIpc) is 2.39. The lowest BCUT2D eigenvalue weighted by Gasteiger charge is -2.14. The Hall–Kier alpha value is -1.45. The first-order chi connectivity index (χ1) is 9.60. The maximum absolute atomic E-state index is 12.3. The monoisotopic (exact) mass is 379 g/mol. The Labute approximate surface area is 130 Å². The van der Waals surface area contributed by atoms with Gasteiger partial charge in [0, 0.05) is 4.47 Å². The molecule has 0 heterocycles. The number of ether oxygens (including phenoxy) is 1. The number of carbonyl (C=O) groups is 2. The van der Waals surface area contributed by atoms with Crippen LogP contribution in [0.1, 0.15) is 22.8 Å². The summed E-state index contributed by atoms with van der Waals surface area (Å²) in [4.78, 5) is 22.1. The van der Waals surface area contributed by atoms with Gasteiger partial charge in [0.1, 0.15) is 6.04 Å². The van der Waals surface area contributed by atoms with Gasteiger partial charge in [-0.1, -0.05) is 0 Å². The van der Waals surface area contributed by atoms with E-state index in [-0.39, 0.29) is 14.9 Å². The van der Waals surface area contributed by atoms with Crippen molar-refractivity contribution in [2.75, 3.05) is 7.11 Å². The van der Waals surface area contributed by atoms with Gasteiger partial charge in [-0.2, -0.15) is 4.72 Å². The molecule has 0 aliphatic carbocycles. The summed E-state index contributed by atoms with van der Waals surface area (Å²) < 4.78 is 31.3. The van der Waals surface area contributed by atoms with Crippen LogP contribution in [0.2, 0.25) is 0 Å². The van der Waals surface area contributed by atoms with E-state index in [1.54, 1.807) is 6.92 Å². The third kappa shape index (κ3) is 4.02. The Morgan fingerprint density at radius 1 is 1.38 bits per heavy atom. The second kappa shape index (κ2) is 6.54. The van der Waals surface area contributed by atoms with E-state index in [2.05, 4.69) is 25.4 Å². The molecule has 1 rings (SSSR count). The standard InChI is InChI=1S/C12H14BrNO6S/c1-6-4-8(11(15)16)5-9(10(6)13)21(18,19)14-7(2)12(17)20-3/h4-5,7,14H,1-3H3,(H,15,16)/t7-/m0/s1. The van der Waals surface area contributed by atoms with Crippen LogP contribution in [-0.2, 0) is 19.6 Å². The summed E-state index contributed by atoms with van der Waals surface area (Å²) in [7, 11) is -2.95. The first-order valence-electron chi connectivity index (χ1n) is 5.73. The molecule has 1 aromatic rings. The van der Waals surface area contributed by atoms with Gasteiger partial charge in [0.25, 0.3) is 0 Å². The van der Waals surface area contributed by atoms with E-state index >= 15 is 0 Å². The van der Waals surface area contributed by atoms with Crippen LogP contribution in [0.25, 0.3) is 0 Å². The Morgan fingerprint density at radius 2 is 1.95 bits per heavy atom. The molecular formula is C12H14BrNO6S. The normalized spacial score (nSPS) is 12.8. The summed E-state index contributed by atoms with van der Waals surface area (Å²) in [6.45, 7) is 2.89. The summed E-state index contributed by atoms with van der Waals surface area (Å²) in [6.07, 6.45) is 0. The second-order valence-corrected chi connectivity index (χ2v) is 6.75. The lowest BCUT2D eigenvalue weighted by Crippen LogP contribution is -2.39. The molecule has 0 saturated heterocycles. The minimum Gasteiger partial charge on any atom is -0.478 e. The van der Waals surface area contributed by atoms with Crippen molar-refractivity contribution in [1.82, 2.24) is 4.72 Å². The average molecular weight is 380 g/mol. The van der Waals surface area contributed by atoms with Crippen molar-refractivity contribution in [3.05, 3.63) is 27.7 Å². The van der Waals surface area contributed by atoms with E-state index in [0.717, 1.165) is 13.2 Å². The number of aryl methyl sites for hydroxylation is 1. The topological polar surface area (TPSA) is 110 Å². The SMILES string of the molecule is COC(=O)[C@H](C)NS(=O)(=O)c1cc(C(=O)O)cc(C)c1Br. The fraction of sp³-hybridized carbons (Fsp3) is 0.333. The van der Waals surface area contributed by atoms with Gasteiger partial charge in [-0.25, -0.2) is 13.2 Å². The van der Waals surface area contributed by atoms with Gasteiger partial charge in [-0.3, -0.25) is 4.79 Å².